The molecule has 0 spiro atoms. The van der Waals surface area contributed by atoms with Gasteiger partial charge in [0, 0.05) is 25.8 Å². The first-order valence-electron chi connectivity index (χ1n) is 9.62. The van der Waals surface area contributed by atoms with E-state index >= 15 is 0 Å². The Morgan fingerprint density at radius 1 is 1.23 bits per heavy atom. The van der Waals surface area contributed by atoms with Gasteiger partial charge in [-0.1, -0.05) is 32.0 Å². The lowest BCUT2D eigenvalue weighted by molar-refractivity contribution is -0.146. The van der Waals surface area contributed by atoms with Gasteiger partial charge in [0.2, 0.25) is 0 Å². The largest absolute Gasteiger partial charge is 0.492 e. The van der Waals surface area contributed by atoms with Gasteiger partial charge in [0.1, 0.15) is 18.0 Å². The number of nitrogens with one attached hydrogen (secondary N) is 2. The summed E-state index contributed by atoms with van der Waals surface area (Å²) in [7, 11) is 1.62. The molecular weight excluding hydrogens is 330 g/mol. The summed E-state index contributed by atoms with van der Waals surface area (Å²) in [6.45, 7) is 9.92. The highest BCUT2D eigenvalue weighted by Crippen LogP contribution is 2.23. The zero-order valence-electron chi connectivity index (χ0n) is 16.3. The van der Waals surface area contributed by atoms with Crippen LogP contribution in [0.1, 0.15) is 32.3 Å². The number of benzene rings is 1. The summed E-state index contributed by atoms with van der Waals surface area (Å²) >= 11 is 0. The Balaban J connectivity index is 1.91. The van der Waals surface area contributed by atoms with Gasteiger partial charge in [0.25, 0.3) is 5.91 Å². The predicted molar refractivity (Wildman–Crippen MR) is 103 cm³/mol. The Kier molecular flexibility index (Phi) is 8.35. The second kappa shape index (κ2) is 10.5. The van der Waals surface area contributed by atoms with Crippen molar-refractivity contribution in [3.63, 3.8) is 0 Å². The zero-order chi connectivity index (χ0) is 18.8. The van der Waals surface area contributed by atoms with E-state index in [0.717, 1.165) is 44.0 Å². The third kappa shape index (κ3) is 5.43. The molecule has 1 heterocycles. The Labute approximate surface area is 157 Å². The van der Waals surface area contributed by atoms with Crippen molar-refractivity contribution in [2.24, 2.45) is 0 Å². The minimum Gasteiger partial charge on any atom is -0.492 e. The molecule has 0 saturated carbocycles. The number of likely N-dealkylation sites (N-methyl/N-ethyl adjacent to an activating group) is 1. The van der Waals surface area contributed by atoms with Crippen molar-refractivity contribution in [1.29, 1.82) is 0 Å². The maximum absolute atomic E-state index is 12.7. The van der Waals surface area contributed by atoms with Gasteiger partial charge in [-0.05, 0) is 45.1 Å². The fourth-order valence-electron chi connectivity index (χ4n) is 3.31. The van der Waals surface area contributed by atoms with Crippen molar-refractivity contribution in [2.75, 3.05) is 46.4 Å². The maximum Gasteiger partial charge on any atom is 0.252 e. The molecule has 0 radical (unpaired) electrons. The van der Waals surface area contributed by atoms with Crippen LogP contribution in [0.3, 0.4) is 0 Å². The summed E-state index contributed by atoms with van der Waals surface area (Å²) in [6.07, 6.45) is 1.38. The molecular formula is C20H33N3O3. The lowest BCUT2D eigenvalue weighted by Gasteiger charge is -2.34. The van der Waals surface area contributed by atoms with Crippen LogP contribution in [-0.2, 0) is 16.1 Å². The second-order valence-corrected chi connectivity index (χ2v) is 6.61. The maximum atomic E-state index is 12.7. The first-order valence-corrected chi connectivity index (χ1v) is 9.62. The Morgan fingerprint density at radius 3 is 2.58 bits per heavy atom. The van der Waals surface area contributed by atoms with Crippen LogP contribution in [0.15, 0.2) is 24.3 Å². The molecule has 6 heteroatoms. The van der Waals surface area contributed by atoms with Crippen LogP contribution < -0.4 is 15.4 Å². The standard InChI is InChI=1S/C20H33N3O3/c1-4-23(5-2)14-15-26-18-9-7-6-8-17(18)16-22-19(24)20(25-3)10-12-21-13-11-20/h6-9,21H,4-5,10-16H2,1-3H3,(H,22,24). The third-order valence-electron chi connectivity index (χ3n) is 5.19. The Bertz CT molecular complexity index is 555. The van der Waals surface area contributed by atoms with Gasteiger partial charge < -0.3 is 25.0 Å². The predicted octanol–water partition coefficient (Wildman–Crippen LogP) is 1.79. The fourth-order valence-corrected chi connectivity index (χ4v) is 3.31. The number of rotatable bonds is 10. The lowest BCUT2D eigenvalue weighted by atomic mass is 9.91. The van der Waals surface area contributed by atoms with E-state index in [1.165, 1.54) is 0 Å². The summed E-state index contributed by atoms with van der Waals surface area (Å²) in [5.74, 6) is 0.788. The molecule has 0 atom stereocenters. The van der Waals surface area contributed by atoms with Crippen molar-refractivity contribution in [3.8, 4) is 5.75 Å². The molecule has 1 aliphatic rings. The van der Waals surface area contributed by atoms with Gasteiger partial charge in [-0.15, -0.1) is 0 Å². The number of para-hydroxylation sites is 1. The molecule has 2 N–H and O–H groups in total. The minimum atomic E-state index is -0.718. The fraction of sp³-hybridized carbons (Fsp3) is 0.650. The summed E-state index contributed by atoms with van der Waals surface area (Å²) < 4.78 is 11.6. The first kappa shape index (κ1) is 20.7. The molecule has 1 aromatic rings. The average molecular weight is 364 g/mol. The van der Waals surface area contributed by atoms with Crippen molar-refractivity contribution >= 4 is 5.91 Å². The monoisotopic (exact) mass is 363 g/mol. The van der Waals surface area contributed by atoms with Gasteiger partial charge in [0.05, 0.1) is 0 Å². The summed E-state index contributed by atoms with van der Waals surface area (Å²) in [6, 6.07) is 7.88. The van der Waals surface area contributed by atoms with Crippen LogP contribution >= 0.6 is 0 Å². The molecule has 1 saturated heterocycles. The second-order valence-electron chi connectivity index (χ2n) is 6.61. The third-order valence-corrected chi connectivity index (χ3v) is 5.19. The molecule has 2 rings (SSSR count). The van der Waals surface area contributed by atoms with Gasteiger partial charge in [-0.2, -0.15) is 0 Å². The average Bonchev–Trinajstić information content (AvgIpc) is 2.70. The van der Waals surface area contributed by atoms with Crippen molar-refractivity contribution in [1.82, 2.24) is 15.5 Å². The van der Waals surface area contributed by atoms with Gasteiger partial charge in [-0.3, -0.25) is 4.79 Å². The molecule has 146 valence electrons. The highest BCUT2D eigenvalue weighted by Gasteiger charge is 2.39. The van der Waals surface area contributed by atoms with E-state index in [9.17, 15) is 4.79 Å². The number of ether oxygens (including phenoxy) is 2. The normalized spacial score (nSPS) is 16.5. The van der Waals surface area contributed by atoms with Gasteiger partial charge >= 0.3 is 0 Å². The zero-order valence-corrected chi connectivity index (χ0v) is 16.3. The number of carbonyl (C=O) groups is 1. The number of nitrogens with zero attached hydrogens (tertiary/aromatic N) is 1. The molecule has 26 heavy (non-hydrogen) atoms. The lowest BCUT2D eigenvalue weighted by Crippen LogP contribution is -2.53. The molecule has 1 fully saturated rings. The van der Waals surface area contributed by atoms with Gasteiger partial charge in [-0.25, -0.2) is 0 Å². The van der Waals surface area contributed by atoms with E-state index in [2.05, 4.69) is 29.4 Å². The number of methoxy groups -OCH3 is 1. The molecule has 1 aliphatic heterocycles. The van der Waals surface area contributed by atoms with E-state index < -0.39 is 5.60 Å². The van der Waals surface area contributed by atoms with Crippen LogP contribution in [0.25, 0.3) is 0 Å². The van der Waals surface area contributed by atoms with Crippen LogP contribution in [0.2, 0.25) is 0 Å². The highest BCUT2D eigenvalue weighted by atomic mass is 16.5. The van der Waals surface area contributed by atoms with E-state index in [1.807, 2.05) is 24.3 Å². The van der Waals surface area contributed by atoms with Crippen molar-refractivity contribution in [2.45, 2.75) is 38.8 Å². The van der Waals surface area contributed by atoms with Crippen LogP contribution in [0.5, 0.6) is 5.75 Å². The Hall–Kier alpha value is -1.63. The molecule has 6 nitrogen and oxygen atoms in total. The molecule has 0 unspecified atom stereocenters. The molecule has 0 aromatic heterocycles. The van der Waals surface area contributed by atoms with Crippen molar-refractivity contribution < 1.29 is 14.3 Å². The van der Waals surface area contributed by atoms with E-state index in [1.54, 1.807) is 7.11 Å². The summed E-state index contributed by atoms with van der Waals surface area (Å²) in [5.41, 5.74) is 0.268. The molecule has 1 amide bonds. The SMILES string of the molecule is CCN(CC)CCOc1ccccc1CNC(=O)C1(OC)CCNCC1. The molecule has 0 bridgehead atoms. The van der Waals surface area contributed by atoms with Gasteiger partial charge in [0.15, 0.2) is 0 Å². The van der Waals surface area contributed by atoms with Crippen LogP contribution in [0, 0.1) is 0 Å². The molecule has 1 aromatic carbocycles. The molecule has 0 aliphatic carbocycles. The number of carbonyl (C=O) groups excluding carboxylic acids is 1. The van der Waals surface area contributed by atoms with Crippen molar-refractivity contribution in [3.05, 3.63) is 29.8 Å². The summed E-state index contributed by atoms with van der Waals surface area (Å²) in [5, 5.41) is 6.31. The van der Waals surface area contributed by atoms with E-state index in [-0.39, 0.29) is 5.91 Å². The van der Waals surface area contributed by atoms with Crippen LogP contribution in [0.4, 0.5) is 0 Å². The van der Waals surface area contributed by atoms with E-state index in [0.29, 0.717) is 26.0 Å². The number of piperidine rings is 1. The smallest absolute Gasteiger partial charge is 0.252 e. The number of amides is 1. The highest BCUT2D eigenvalue weighted by molar-refractivity contribution is 5.85. The Morgan fingerprint density at radius 2 is 1.92 bits per heavy atom. The quantitative estimate of drug-likeness (QED) is 0.664. The number of hydrogen-bond acceptors (Lipinski definition) is 5. The number of hydrogen-bond donors (Lipinski definition) is 2. The minimum absolute atomic E-state index is 0.0422. The first-order chi connectivity index (χ1) is 12.6. The van der Waals surface area contributed by atoms with Crippen LogP contribution in [-0.4, -0.2) is 62.8 Å². The summed E-state index contributed by atoms with van der Waals surface area (Å²) in [4.78, 5) is 15.0. The topological polar surface area (TPSA) is 62.8 Å². The van der Waals surface area contributed by atoms with E-state index in [4.69, 9.17) is 9.47 Å².